The maximum Gasteiger partial charge on any atom is 0.261 e. The molecule has 0 bridgehead atoms. The zero-order valence-corrected chi connectivity index (χ0v) is 18.4. The Morgan fingerprint density at radius 3 is 2.38 bits per heavy atom. The van der Waals surface area contributed by atoms with Crippen molar-refractivity contribution >= 4 is 32.7 Å². The van der Waals surface area contributed by atoms with Crippen molar-refractivity contribution in [3.05, 3.63) is 84.2 Å². The Morgan fingerprint density at radius 2 is 1.72 bits per heavy atom. The summed E-state index contributed by atoms with van der Waals surface area (Å²) < 4.78 is 32.9. The highest BCUT2D eigenvalue weighted by molar-refractivity contribution is 7.92. The standard InChI is InChI=1S/C23H22N4O4S/c1-27(15-22-24-20-5-3-4-6-21(20)25-22)23(28)16-7-13-19(14-8-16)32(29,30)26-17-9-11-18(31-2)12-10-17/h3-14,26H,15H2,1-2H3,(H,24,25). The van der Waals surface area contributed by atoms with Gasteiger partial charge in [-0.3, -0.25) is 9.52 Å². The maximum absolute atomic E-state index is 12.8. The average Bonchev–Trinajstić information content (AvgIpc) is 3.21. The summed E-state index contributed by atoms with van der Waals surface area (Å²) in [6.07, 6.45) is 0. The van der Waals surface area contributed by atoms with Crippen LogP contribution in [0.5, 0.6) is 5.75 Å². The molecule has 0 unspecified atom stereocenters. The van der Waals surface area contributed by atoms with Gasteiger partial charge in [0.25, 0.3) is 15.9 Å². The van der Waals surface area contributed by atoms with Crippen molar-refractivity contribution < 1.29 is 17.9 Å². The van der Waals surface area contributed by atoms with E-state index in [1.807, 2.05) is 24.3 Å². The Kier molecular flexibility index (Phi) is 5.83. The summed E-state index contributed by atoms with van der Waals surface area (Å²) in [5, 5.41) is 0. The van der Waals surface area contributed by atoms with Gasteiger partial charge in [-0.1, -0.05) is 12.1 Å². The van der Waals surface area contributed by atoms with E-state index in [2.05, 4.69) is 14.7 Å². The molecule has 2 N–H and O–H groups in total. The lowest BCUT2D eigenvalue weighted by Gasteiger charge is -2.16. The van der Waals surface area contributed by atoms with Gasteiger partial charge < -0.3 is 14.6 Å². The number of benzene rings is 3. The number of rotatable bonds is 7. The van der Waals surface area contributed by atoms with E-state index in [1.54, 1.807) is 31.3 Å². The number of hydrogen-bond acceptors (Lipinski definition) is 5. The predicted octanol–water partition coefficient (Wildman–Crippen LogP) is 3.64. The number of imidazole rings is 1. The van der Waals surface area contributed by atoms with Gasteiger partial charge in [0.2, 0.25) is 0 Å². The van der Waals surface area contributed by atoms with E-state index in [0.717, 1.165) is 11.0 Å². The van der Waals surface area contributed by atoms with Gasteiger partial charge >= 0.3 is 0 Å². The Morgan fingerprint density at radius 1 is 1.03 bits per heavy atom. The fraction of sp³-hybridized carbons (Fsp3) is 0.130. The number of sulfonamides is 1. The topological polar surface area (TPSA) is 104 Å². The van der Waals surface area contributed by atoms with Crippen LogP contribution in [0.4, 0.5) is 5.69 Å². The zero-order valence-electron chi connectivity index (χ0n) is 17.6. The zero-order chi connectivity index (χ0) is 22.7. The molecule has 0 saturated heterocycles. The van der Waals surface area contributed by atoms with E-state index in [9.17, 15) is 13.2 Å². The number of ether oxygens (including phenoxy) is 1. The van der Waals surface area contributed by atoms with Gasteiger partial charge in [0, 0.05) is 18.3 Å². The van der Waals surface area contributed by atoms with Crippen LogP contribution >= 0.6 is 0 Å². The van der Waals surface area contributed by atoms with Crippen molar-refractivity contribution in [1.29, 1.82) is 0 Å². The number of aromatic nitrogens is 2. The van der Waals surface area contributed by atoms with Gasteiger partial charge in [-0.2, -0.15) is 0 Å². The first-order valence-corrected chi connectivity index (χ1v) is 11.3. The molecule has 1 amide bonds. The van der Waals surface area contributed by atoms with Crippen LogP contribution in [-0.2, 0) is 16.6 Å². The quantitative estimate of drug-likeness (QED) is 0.447. The number of fused-ring (bicyclic) bond motifs is 1. The fourth-order valence-corrected chi connectivity index (χ4v) is 4.31. The third kappa shape index (κ3) is 4.57. The number of hydrogen-bond donors (Lipinski definition) is 2. The molecule has 0 spiro atoms. The van der Waals surface area contributed by atoms with Gasteiger partial charge in [0.05, 0.1) is 29.6 Å². The Balaban J connectivity index is 1.44. The molecule has 0 fully saturated rings. The van der Waals surface area contributed by atoms with Crippen molar-refractivity contribution in [1.82, 2.24) is 14.9 Å². The molecule has 3 aromatic carbocycles. The highest BCUT2D eigenvalue weighted by Crippen LogP contribution is 2.20. The second-order valence-corrected chi connectivity index (χ2v) is 8.90. The van der Waals surface area contributed by atoms with Gasteiger partial charge in [-0.05, 0) is 60.7 Å². The van der Waals surface area contributed by atoms with Crippen molar-refractivity contribution in [2.24, 2.45) is 0 Å². The molecule has 0 aliphatic rings. The Hall–Kier alpha value is -3.85. The lowest BCUT2D eigenvalue weighted by Crippen LogP contribution is -2.26. The molecule has 4 aromatic rings. The summed E-state index contributed by atoms with van der Waals surface area (Å²) in [4.78, 5) is 22.0. The van der Waals surface area contributed by atoms with Crippen molar-refractivity contribution in [3.8, 4) is 5.75 Å². The van der Waals surface area contributed by atoms with Crippen LogP contribution in [0.25, 0.3) is 11.0 Å². The molecule has 0 aliphatic heterocycles. The number of nitrogens with zero attached hydrogens (tertiary/aromatic N) is 2. The molecule has 0 saturated carbocycles. The number of methoxy groups -OCH3 is 1. The number of anilines is 1. The Bertz CT molecular complexity index is 1310. The van der Waals surface area contributed by atoms with E-state index in [1.165, 1.54) is 36.3 Å². The average molecular weight is 451 g/mol. The SMILES string of the molecule is COc1ccc(NS(=O)(=O)c2ccc(C(=O)N(C)Cc3nc4ccccc4[nH]3)cc2)cc1. The normalized spacial score (nSPS) is 11.3. The van der Waals surface area contributed by atoms with Gasteiger partial charge in [-0.25, -0.2) is 13.4 Å². The smallest absolute Gasteiger partial charge is 0.261 e. The monoisotopic (exact) mass is 450 g/mol. The van der Waals surface area contributed by atoms with E-state index in [0.29, 0.717) is 29.4 Å². The predicted molar refractivity (Wildman–Crippen MR) is 122 cm³/mol. The molecule has 32 heavy (non-hydrogen) atoms. The molecule has 0 aliphatic carbocycles. The first kappa shape index (κ1) is 21.4. The molecule has 1 heterocycles. The summed E-state index contributed by atoms with van der Waals surface area (Å²) in [6, 6.07) is 20.0. The second kappa shape index (κ2) is 8.72. The third-order valence-electron chi connectivity index (χ3n) is 4.93. The summed E-state index contributed by atoms with van der Waals surface area (Å²) in [6.45, 7) is 0.298. The number of para-hydroxylation sites is 2. The number of carbonyl (C=O) groups is 1. The number of aromatic amines is 1. The molecular formula is C23H22N4O4S. The van der Waals surface area contributed by atoms with Gasteiger partial charge in [0.1, 0.15) is 11.6 Å². The molecule has 0 atom stereocenters. The van der Waals surface area contributed by atoms with Crippen LogP contribution in [0.3, 0.4) is 0 Å². The fourth-order valence-electron chi connectivity index (χ4n) is 3.25. The Labute approximate surface area is 185 Å². The summed E-state index contributed by atoms with van der Waals surface area (Å²) in [5.41, 5.74) is 2.54. The molecule has 164 valence electrons. The summed E-state index contributed by atoms with van der Waals surface area (Å²) in [7, 11) is -0.580. The minimum absolute atomic E-state index is 0.0600. The number of H-pyrrole nitrogens is 1. The van der Waals surface area contributed by atoms with Crippen molar-refractivity contribution in [2.45, 2.75) is 11.4 Å². The minimum Gasteiger partial charge on any atom is -0.497 e. The number of nitrogens with one attached hydrogen (secondary N) is 2. The number of amides is 1. The molecule has 9 heteroatoms. The van der Waals surface area contributed by atoms with Crippen LogP contribution in [0, 0.1) is 0 Å². The summed E-state index contributed by atoms with van der Waals surface area (Å²) in [5.74, 6) is 1.06. The van der Waals surface area contributed by atoms with Crippen LogP contribution in [0.2, 0.25) is 0 Å². The highest BCUT2D eigenvalue weighted by Gasteiger charge is 2.18. The second-order valence-electron chi connectivity index (χ2n) is 7.22. The van der Waals surface area contributed by atoms with Crippen molar-refractivity contribution in [2.75, 3.05) is 18.9 Å². The van der Waals surface area contributed by atoms with E-state index in [4.69, 9.17) is 4.74 Å². The maximum atomic E-state index is 12.8. The van der Waals surface area contributed by atoms with E-state index < -0.39 is 10.0 Å². The lowest BCUT2D eigenvalue weighted by atomic mass is 10.2. The first-order valence-electron chi connectivity index (χ1n) is 9.82. The lowest BCUT2D eigenvalue weighted by molar-refractivity contribution is 0.0782. The largest absolute Gasteiger partial charge is 0.497 e. The molecule has 8 nitrogen and oxygen atoms in total. The van der Waals surface area contributed by atoms with E-state index >= 15 is 0 Å². The molecular weight excluding hydrogens is 428 g/mol. The minimum atomic E-state index is -3.79. The van der Waals surface area contributed by atoms with Crippen LogP contribution in [0.1, 0.15) is 16.2 Å². The van der Waals surface area contributed by atoms with Crippen LogP contribution in [0.15, 0.2) is 77.7 Å². The summed E-state index contributed by atoms with van der Waals surface area (Å²) >= 11 is 0. The highest BCUT2D eigenvalue weighted by atomic mass is 32.2. The van der Waals surface area contributed by atoms with Crippen molar-refractivity contribution in [3.63, 3.8) is 0 Å². The van der Waals surface area contributed by atoms with Gasteiger partial charge in [-0.15, -0.1) is 0 Å². The van der Waals surface area contributed by atoms with E-state index in [-0.39, 0.29) is 10.8 Å². The molecule has 4 rings (SSSR count). The first-order chi connectivity index (χ1) is 15.4. The number of carbonyl (C=O) groups excluding carboxylic acids is 1. The molecule has 0 radical (unpaired) electrons. The molecule has 1 aromatic heterocycles. The van der Waals surface area contributed by atoms with Gasteiger partial charge in [0.15, 0.2) is 0 Å². The third-order valence-corrected chi connectivity index (χ3v) is 6.32. The van der Waals surface area contributed by atoms with Crippen LogP contribution < -0.4 is 9.46 Å². The van der Waals surface area contributed by atoms with Crippen LogP contribution in [-0.4, -0.2) is 43.4 Å².